The van der Waals surface area contributed by atoms with Crippen LogP contribution in [-0.4, -0.2) is 36.8 Å². The average molecular weight is 365 g/mol. The normalized spacial score (nSPS) is 20.3. The van der Waals surface area contributed by atoms with Crippen LogP contribution in [0.4, 0.5) is 5.69 Å². The van der Waals surface area contributed by atoms with Gasteiger partial charge >= 0.3 is 0 Å². The number of hydrazone groups is 1. The maximum Gasteiger partial charge on any atom is 0.257 e. The number of methoxy groups -OCH3 is 2. The fourth-order valence-corrected chi connectivity index (χ4v) is 3.76. The predicted molar refractivity (Wildman–Crippen MR) is 100.0 cm³/mol. The Hall–Kier alpha value is -3.35. The minimum Gasteiger partial charge on any atom is -0.493 e. The van der Waals surface area contributed by atoms with Crippen LogP contribution in [0.25, 0.3) is 0 Å². The summed E-state index contributed by atoms with van der Waals surface area (Å²) in [5.74, 6) is 0.613. The zero-order chi connectivity index (χ0) is 19.2. The van der Waals surface area contributed by atoms with Gasteiger partial charge in [0.05, 0.1) is 19.9 Å². The SMILES string of the molecule is COc1ccc(C2=NN(C(C)=O)[C@]3(C2)C(=O)Nc2ccccc23)cc1OC. The van der Waals surface area contributed by atoms with Crippen molar-refractivity contribution in [1.82, 2.24) is 5.01 Å². The van der Waals surface area contributed by atoms with Crippen molar-refractivity contribution in [2.75, 3.05) is 19.5 Å². The third kappa shape index (κ3) is 2.38. The highest BCUT2D eigenvalue weighted by Crippen LogP contribution is 2.47. The van der Waals surface area contributed by atoms with E-state index in [0.29, 0.717) is 22.9 Å². The number of para-hydroxylation sites is 1. The molecule has 0 aliphatic carbocycles. The second kappa shape index (κ2) is 6.12. The van der Waals surface area contributed by atoms with Crippen molar-refractivity contribution in [2.45, 2.75) is 18.9 Å². The van der Waals surface area contributed by atoms with E-state index in [1.54, 1.807) is 26.4 Å². The number of hydrogen-bond acceptors (Lipinski definition) is 5. The van der Waals surface area contributed by atoms with Crippen molar-refractivity contribution in [1.29, 1.82) is 0 Å². The van der Waals surface area contributed by atoms with Crippen molar-refractivity contribution >= 4 is 23.2 Å². The van der Waals surface area contributed by atoms with Crippen LogP contribution >= 0.6 is 0 Å². The van der Waals surface area contributed by atoms with Crippen LogP contribution in [0, 0.1) is 0 Å². The molecule has 2 heterocycles. The first-order chi connectivity index (χ1) is 13.0. The minimum atomic E-state index is -1.16. The first-order valence-corrected chi connectivity index (χ1v) is 8.53. The number of fused-ring (bicyclic) bond motifs is 2. The van der Waals surface area contributed by atoms with Crippen molar-refractivity contribution in [3.05, 3.63) is 53.6 Å². The zero-order valence-electron chi connectivity index (χ0n) is 15.3. The highest BCUT2D eigenvalue weighted by atomic mass is 16.5. The summed E-state index contributed by atoms with van der Waals surface area (Å²) in [5, 5.41) is 8.69. The average Bonchev–Trinajstić information content (AvgIpc) is 3.21. The highest BCUT2D eigenvalue weighted by Gasteiger charge is 2.56. The molecule has 2 aromatic rings. The maximum absolute atomic E-state index is 12.9. The quantitative estimate of drug-likeness (QED) is 0.906. The number of rotatable bonds is 3. The van der Waals surface area contributed by atoms with Gasteiger partial charge in [0.15, 0.2) is 17.0 Å². The zero-order valence-corrected chi connectivity index (χ0v) is 15.3. The molecular weight excluding hydrogens is 346 g/mol. The Morgan fingerprint density at radius 1 is 1.15 bits per heavy atom. The number of benzene rings is 2. The lowest BCUT2D eigenvalue weighted by Gasteiger charge is -2.29. The number of amides is 2. The van der Waals surface area contributed by atoms with Gasteiger partial charge in [-0.15, -0.1) is 0 Å². The van der Waals surface area contributed by atoms with Crippen LogP contribution in [0.1, 0.15) is 24.5 Å². The molecule has 27 heavy (non-hydrogen) atoms. The number of carbonyl (C=O) groups excluding carboxylic acids is 2. The molecule has 0 saturated heterocycles. The Balaban J connectivity index is 1.82. The highest BCUT2D eigenvalue weighted by molar-refractivity contribution is 6.15. The van der Waals surface area contributed by atoms with Crippen molar-refractivity contribution in [3.8, 4) is 11.5 Å². The molecule has 4 rings (SSSR count). The van der Waals surface area contributed by atoms with E-state index in [4.69, 9.17) is 9.47 Å². The van der Waals surface area contributed by atoms with Gasteiger partial charge in [-0.2, -0.15) is 5.10 Å². The second-order valence-electron chi connectivity index (χ2n) is 6.48. The van der Waals surface area contributed by atoms with Gasteiger partial charge in [-0.3, -0.25) is 9.59 Å². The van der Waals surface area contributed by atoms with E-state index in [9.17, 15) is 9.59 Å². The maximum atomic E-state index is 12.9. The third-order valence-corrected chi connectivity index (χ3v) is 5.02. The summed E-state index contributed by atoms with van der Waals surface area (Å²) in [5.41, 5.74) is 1.71. The molecule has 0 unspecified atom stereocenters. The summed E-state index contributed by atoms with van der Waals surface area (Å²) in [4.78, 5) is 25.3. The summed E-state index contributed by atoms with van der Waals surface area (Å²) in [7, 11) is 3.12. The van der Waals surface area contributed by atoms with Crippen LogP contribution in [0.15, 0.2) is 47.6 Å². The topological polar surface area (TPSA) is 80.2 Å². The van der Waals surface area contributed by atoms with Crippen LogP contribution in [-0.2, 0) is 15.1 Å². The molecule has 0 bridgehead atoms. The Kier molecular flexibility index (Phi) is 3.87. The fraction of sp³-hybridized carbons (Fsp3) is 0.250. The summed E-state index contributed by atoms with van der Waals surface area (Å²) < 4.78 is 10.6. The van der Waals surface area contributed by atoms with Crippen molar-refractivity contribution in [2.24, 2.45) is 5.10 Å². The molecule has 2 aromatic carbocycles. The smallest absolute Gasteiger partial charge is 0.257 e. The Labute approximate surface area is 156 Å². The van der Waals surface area contributed by atoms with E-state index in [2.05, 4.69) is 10.4 Å². The number of anilines is 1. The first-order valence-electron chi connectivity index (χ1n) is 8.53. The van der Waals surface area contributed by atoms with Gasteiger partial charge in [0.2, 0.25) is 5.91 Å². The van der Waals surface area contributed by atoms with Crippen LogP contribution < -0.4 is 14.8 Å². The molecule has 0 radical (unpaired) electrons. The molecule has 0 fully saturated rings. The number of hydrogen-bond donors (Lipinski definition) is 1. The molecule has 1 spiro atoms. The van der Waals surface area contributed by atoms with Gasteiger partial charge in [-0.05, 0) is 24.3 Å². The Morgan fingerprint density at radius 3 is 2.59 bits per heavy atom. The molecular formula is C20H19N3O4. The van der Waals surface area contributed by atoms with E-state index in [0.717, 1.165) is 11.1 Å². The number of ether oxygens (including phenoxy) is 2. The van der Waals surface area contributed by atoms with Gasteiger partial charge in [-0.25, -0.2) is 5.01 Å². The van der Waals surface area contributed by atoms with Gasteiger partial charge in [0, 0.05) is 30.2 Å². The predicted octanol–water partition coefficient (Wildman–Crippen LogP) is 2.51. The molecule has 7 nitrogen and oxygen atoms in total. The largest absolute Gasteiger partial charge is 0.493 e. The molecule has 2 amide bonds. The third-order valence-electron chi connectivity index (χ3n) is 5.02. The van der Waals surface area contributed by atoms with Crippen LogP contribution in [0.5, 0.6) is 11.5 Å². The van der Waals surface area contributed by atoms with Gasteiger partial charge < -0.3 is 14.8 Å². The molecule has 0 saturated carbocycles. The fourth-order valence-electron chi connectivity index (χ4n) is 3.76. The van der Waals surface area contributed by atoms with Crippen LogP contribution in [0.3, 0.4) is 0 Å². The van der Waals surface area contributed by atoms with E-state index >= 15 is 0 Å². The van der Waals surface area contributed by atoms with Gasteiger partial charge in [0.1, 0.15) is 0 Å². The Bertz CT molecular complexity index is 985. The molecule has 1 N–H and O–H groups in total. The summed E-state index contributed by atoms with van der Waals surface area (Å²) in [6, 6.07) is 12.8. The van der Waals surface area contributed by atoms with E-state index in [-0.39, 0.29) is 18.2 Å². The number of carbonyl (C=O) groups is 2. The minimum absolute atomic E-state index is 0.252. The lowest BCUT2D eigenvalue weighted by atomic mass is 9.85. The van der Waals surface area contributed by atoms with E-state index in [1.165, 1.54) is 11.9 Å². The standard InChI is InChI=1S/C20H19N3O4/c1-12(24)23-20(14-6-4-5-7-15(14)21-19(20)25)11-16(22-23)13-8-9-17(26-2)18(10-13)27-3/h4-10H,11H2,1-3H3,(H,21,25)/t20-/m0/s1. The second-order valence-corrected chi connectivity index (χ2v) is 6.48. The molecule has 0 aromatic heterocycles. The van der Waals surface area contributed by atoms with Crippen LogP contribution in [0.2, 0.25) is 0 Å². The van der Waals surface area contributed by atoms with Crippen molar-refractivity contribution < 1.29 is 19.1 Å². The van der Waals surface area contributed by atoms with E-state index < -0.39 is 5.54 Å². The lowest BCUT2D eigenvalue weighted by Crippen LogP contribution is -2.47. The molecule has 2 aliphatic heterocycles. The Morgan fingerprint density at radius 2 is 1.89 bits per heavy atom. The van der Waals surface area contributed by atoms with Crippen molar-refractivity contribution in [3.63, 3.8) is 0 Å². The molecule has 7 heteroatoms. The number of nitrogens with zero attached hydrogens (tertiary/aromatic N) is 2. The molecule has 1 atom stereocenters. The summed E-state index contributed by atoms with van der Waals surface area (Å²) in [6.07, 6.45) is 0.283. The van der Waals surface area contributed by atoms with Gasteiger partial charge in [-0.1, -0.05) is 18.2 Å². The number of nitrogens with one attached hydrogen (secondary N) is 1. The summed E-state index contributed by atoms with van der Waals surface area (Å²) >= 11 is 0. The van der Waals surface area contributed by atoms with Gasteiger partial charge in [0.25, 0.3) is 5.91 Å². The monoisotopic (exact) mass is 365 g/mol. The lowest BCUT2D eigenvalue weighted by molar-refractivity contribution is -0.142. The molecule has 2 aliphatic rings. The molecule has 138 valence electrons. The first kappa shape index (κ1) is 17.1. The summed E-state index contributed by atoms with van der Waals surface area (Å²) in [6.45, 7) is 1.41. The van der Waals surface area contributed by atoms with E-state index in [1.807, 2.05) is 30.3 Å².